The summed E-state index contributed by atoms with van der Waals surface area (Å²) in [6, 6.07) is 77.2. The average Bonchev–Trinajstić information content (AvgIpc) is 3.80. The molecule has 1 aliphatic carbocycles. The van der Waals surface area contributed by atoms with E-state index in [2.05, 4.69) is 224 Å². The zero-order valence-corrected chi connectivity index (χ0v) is 36.2. The molecule has 0 amide bonds. The largest absolute Gasteiger partial charge is 0.310 e. The van der Waals surface area contributed by atoms with Crippen molar-refractivity contribution in [3.8, 4) is 39.1 Å². The van der Waals surface area contributed by atoms with Crippen LogP contribution in [0.4, 0.5) is 17.1 Å². The number of nitrogens with zero attached hydrogens (tertiary/aromatic N) is 2. The maximum absolute atomic E-state index is 11.0. The molecule has 1 aliphatic rings. The van der Waals surface area contributed by atoms with E-state index in [0.717, 1.165) is 53.9 Å². The van der Waals surface area contributed by atoms with Crippen LogP contribution < -0.4 is 4.90 Å². The molecular weight excluding hydrogens is 777 g/mol. The average molecular weight is 825 g/mol. The predicted molar refractivity (Wildman–Crippen MR) is 268 cm³/mol. The van der Waals surface area contributed by atoms with Crippen molar-refractivity contribution in [2.24, 2.45) is 0 Å². The highest BCUT2D eigenvalue weighted by Gasteiger charge is 2.35. The first-order valence-corrected chi connectivity index (χ1v) is 22.4. The number of hydrogen-bond acceptors (Lipinski definition) is 2. The fourth-order valence-electron chi connectivity index (χ4n) is 10.0. The van der Waals surface area contributed by atoms with Crippen molar-refractivity contribution in [2.45, 2.75) is 38.5 Å². The molecular formula is C61H48N2O. The Morgan fingerprint density at radius 3 is 1.70 bits per heavy atom. The summed E-state index contributed by atoms with van der Waals surface area (Å²) in [5, 5.41) is 2.48. The number of para-hydroxylation sites is 1. The zero-order chi connectivity index (χ0) is 43.2. The van der Waals surface area contributed by atoms with Gasteiger partial charge >= 0.3 is 0 Å². The molecule has 9 aromatic carbocycles. The minimum absolute atomic E-state index is 0.103. The van der Waals surface area contributed by atoms with Crippen molar-refractivity contribution in [1.29, 1.82) is 0 Å². The highest BCUT2D eigenvalue weighted by molar-refractivity contribution is 6.10. The lowest BCUT2D eigenvalue weighted by molar-refractivity contribution is 0.112. The molecule has 0 fully saturated rings. The lowest BCUT2D eigenvalue weighted by atomic mass is 9.82. The SMILES string of the molecule is CC1(C)c2ccccc2-c2ccc(N(c3ccc(-c4ccccc4)cc3)c3ccc(-c4ccc5c(c4)c4ccccc4n5-c4ccc(CCCc5ccc(C=O)cc5)cc4)cc3)cc21. The van der Waals surface area contributed by atoms with Crippen LogP contribution in [0.5, 0.6) is 0 Å². The van der Waals surface area contributed by atoms with Crippen LogP contribution in [0.2, 0.25) is 0 Å². The van der Waals surface area contributed by atoms with Crippen molar-refractivity contribution in [2.75, 3.05) is 4.90 Å². The summed E-state index contributed by atoms with van der Waals surface area (Å²) in [5.74, 6) is 0. The maximum Gasteiger partial charge on any atom is 0.150 e. The number of aryl methyl sites for hydroxylation is 2. The Morgan fingerprint density at radius 1 is 0.453 bits per heavy atom. The van der Waals surface area contributed by atoms with E-state index in [1.54, 1.807) is 0 Å². The normalized spacial score (nSPS) is 12.6. The number of rotatable bonds is 11. The van der Waals surface area contributed by atoms with Crippen molar-refractivity contribution >= 4 is 45.2 Å². The molecule has 64 heavy (non-hydrogen) atoms. The smallest absolute Gasteiger partial charge is 0.150 e. The van der Waals surface area contributed by atoms with Crippen LogP contribution >= 0.6 is 0 Å². The van der Waals surface area contributed by atoms with Crippen molar-refractivity contribution in [3.63, 3.8) is 0 Å². The van der Waals surface area contributed by atoms with Crippen molar-refractivity contribution in [3.05, 3.63) is 240 Å². The minimum Gasteiger partial charge on any atom is -0.310 e. The van der Waals surface area contributed by atoms with Crippen LogP contribution in [0.25, 0.3) is 60.9 Å². The Bertz CT molecular complexity index is 3300. The highest BCUT2D eigenvalue weighted by atomic mass is 16.1. The monoisotopic (exact) mass is 824 g/mol. The van der Waals surface area contributed by atoms with Crippen LogP contribution in [0.15, 0.2) is 212 Å². The summed E-state index contributed by atoms with van der Waals surface area (Å²) in [5.41, 5.74) is 20.3. The third-order valence-electron chi connectivity index (χ3n) is 13.4. The second-order valence-electron chi connectivity index (χ2n) is 17.7. The third-order valence-corrected chi connectivity index (χ3v) is 13.4. The number of carbonyl (C=O) groups excluding carboxylic acids is 1. The van der Waals surface area contributed by atoms with Crippen molar-refractivity contribution in [1.82, 2.24) is 4.57 Å². The molecule has 0 spiro atoms. The Labute approximate surface area is 375 Å². The molecule has 1 heterocycles. The van der Waals surface area contributed by atoms with E-state index in [1.807, 2.05) is 12.1 Å². The summed E-state index contributed by atoms with van der Waals surface area (Å²) in [7, 11) is 0. The van der Waals surface area contributed by atoms with Crippen LogP contribution in [0.1, 0.15) is 52.9 Å². The molecule has 308 valence electrons. The molecule has 0 bridgehead atoms. The van der Waals surface area contributed by atoms with Gasteiger partial charge in [0.25, 0.3) is 0 Å². The molecule has 0 N–H and O–H groups in total. The quantitative estimate of drug-likeness (QED) is 0.121. The standard InChI is InChI=1S/C61H48N2O/c1-61(2)57-17-8-6-15-53(57)54-37-36-52(40-58(54)61)62(49-32-25-46(26-33-49)45-13-4-3-5-14-45)50-34-27-47(28-35-50)48-29-38-60-56(39-48)55-16-7-9-18-59(55)63(60)51-30-23-43(24-31-51)12-10-11-42-19-21-44(41-64)22-20-42/h3-9,13-41H,10-12H2,1-2H3. The second-order valence-corrected chi connectivity index (χ2v) is 17.7. The van der Waals surface area contributed by atoms with Gasteiger partial charge in [-0.25, -0.2) is 0 Å². The summed E-state index contributed by atoms with van der Waals surface area (Å²) in [6.45, 7) is 4.70. The Kier molecular flexibility index (Phi) is 9.89. The zero-order valence-electron chi connectivity index (χ0n) is 36.2. The fourth-order valence-corrected chi connectivity index (χ4v) is 10.0. The van der Waals surface area contributed by atoms with Crippen LogP contribution in [-0.4, -0.2) is 10.9 Å². The molecule has 1 aromatic heterocycles. The Morgan fingerprint density at radius 2 is 1.00 bits per heavy atom. The number of anilines is 3. The molecule has 0 aliphatic heterocycles. The minimum atomic E-state index is -0.103. The Hall–Kier alpha value is -7.75. The molecule has 0 saturated heterocycles. The van der Waals surface area contributed by atoms with Gasteiger partial charge in [0.2, 0.25) is 0 Å². The molecule has 10 aromatic rings. The maximum atomic E-state index is 11.0. The third kappa shape index (κ3) is 7.00. The van der Waals surface area contributed by atoms with E-state index in [4.69, 9.17) is 0 Å². The molecule has 11 rings (SSSR count). The number of benzene rings is 9. The number of fused-ring (bicyclic) bond motifs is 6. The highest BCUT2D eigenvalue weighted by Crippen LogP contribution is 2.50. The van der Waals surface area contributed by atoms with E-state index in [9.17, 15) is 4.79 Å². The summed E-state index contributed by atoms with van der Waals surface area (Å²) in [6.07, 6.45) is 3.95. The van der Waals surface area contributed by atoms with E-state index in [1.165, 1.54) is 77.4 Å². The van der Waals surface area contributed by atoms with E-state index in [-0.39, 0.29) is 5.41 Å². The first-order valence-electron chi connectivity index (χ1n) is 22.4. The van der Waals surface area contributed by atoms with Gasteiger partial charge in [0.05, 0.1) is 11.0 Å². The van der Waals surface area contributed by atoms with Crippen LogP contribution in [0, 0.1) is 0 Å². The summed E-state index contributed by atoms with van der Waals surface area (Å²) < 4.78 is 2.40. The van der Waals surface area contributed by atoms with Gasteiger partial charge in [-0.3, -0.25) is 4.79 Å². The van der Waals surface area contributed by atoms with Crippen LogP contribution in [0.3, 0.4) is 0 Å². The van der Waals surface area contributed by atoms with Gasteiger partial charge < -0.3 is 9.47 Å². The lowest BCUT2D eigenvalue weighted by Crippen LogP contribution is -2.16. The summed E-state index contributed by atoms with van der Waals surface area (Å²) >= 11 is 0. The molecule has 3 nitrogen and oxygen atoms in total. The van der Waals surface area contributed by atoms with Gasteiger partial charge in [0.15, 0.2) is 0 Å². The van der Waals surface area contributed by atoms with Gasteiger partial charge in [-0.1, -0.05) is 159 Å². The number of aldehydes is 1. The van der Waals surface area contributed by atoms with Gasteiger partial charge in [0, 0.05) is 44.5 Å². The first kappa shape index (κ1) is 39.1. The van der Waals surface area contributed by atoms with Crippen LogP contribution in [-0.2, 0) is 18.3 Å². The Balaban J connectivity index is 0.910. The number of hydrogen-bond donors (Lipinski definition) is 0. The van der Waals surface area contributed by atoms with Gasteiger partial charge in [-0.15, -0.1) is 0 Å². The fraction of sp³-hybridized carbons (Fsp3) is 0.0984. The first-order chi connectivity index (χ1) is 31.4. The molecule has 0 unspecified atom stereocenters. The van der Waals surface area contributed by atoms with E-state index >= 15 is 0 Å². The van der Waals surface area contributed by atoms with E-state index < -0.39 is 0 Å². The molecule has 3 heteroatoms. The summed E-state index contributed by atoms with van der Waals surface area (Å²) in [4.78, 5) is 13.4. The van der Waals surface area contributed by atoms with Gasteiger partial charge in [-0.2, -0.15) is 0 Å². The topological polar surface area (TPSA) is 25.2 Å². The van der Waals surface area contributed by atoms with Crippen molar-refractivity contribution < 1.29 is 4.79 Å². The molecule has 0 atom stereocenters. The van der Waals surface area contributed by atoms with E-state index in [0.29, 0.717) is 0 Å². The van der Waals surface area contributed by atoms with Gasteiger partial charge in [0.1, 0.15) is 6.29 Å². The number of carbonyl (C=O) groups is 1. The second kappa shape index (κ2) is 16.2. The molecule has 0 saturated carbocycles. The van der Waals surface area contributed by atoms with Gasteiger partial charge in [-0.05, 0) is 142 Å². The number of aromatic nitrogens is 1. The molecule has 0 radical (unpaired) electrons. The lowest BCUT2D eigenvalue weighted by Gasteiger charge is -2.28. The predicted octanol–water partition coefficient (Wildman–Crippen LogP) is 15.9.